The van der Waals surface area contributed by atoms with Gasteiger partial charge in [0.15, 0.2) is 0 Å². The normalized spacial score (nSPS) is 25.9. The topological polar surface area (TPSA) is 69.6 Å². The number of carbonyl (C=O) groups excluding carboxylic acids is 1. The number of nitrogens with one attached hydrogen (secondary N) is 1. The summed E-state index contributed by atoms with van der Waals surface area (Å²) in [6.07, 6.45) is 5.14. The number of hydrogen-bond acceptors (Lipinski definition) is 2. The fourth-order valence-electron chi connectivity index (χ4n) is 1.77. The molecule has 1 heterocycles. The highest BCUT2D eigenvalue weighted by molar-refractivity contribution is 5.78. The Morgan fingerprint density at radius 2 is 2.19 bits per heavy atom. The lowest BCUT2D eigenvalue weighted by Gasteiger charge is -2.18. The molecule has 2 amide bonds. The van der Waals surface area contributed by atoms with Gasteiger partial charge in [0.1, 0.15) is 0 Å². The van der Waals surface area contributed by atoms with E-state index in [-0.39, 0.29) is 24.5 Å². The third kappa shape index (κ3) is 2.66. The van der Waals surface area contributed by atoms with Crippen LogP contribution in [-0.4, -0.2) is 41.1 Å². The molecule has 1 rings (SSSR count). The molecule has 0 aliphatic carbocycles. The number of urea groups is 1. The number of nitrogens with zero attached hydrogens (tertiary/aromatic N) is 1. The molecule has 0 radical (unpaired) electrons. The van der Waals surface area contributed by atoms with Gasteiger partial charge in [-0.25, -0.2) is 4.79 Å². The molecule has 0 aromatic heterocycles. The first-order valence-electron chi connectivity index (χ1n) is 5.20. The molecule has 0 spiro atoms. The Labute approximate surface area is 94.8 Å². The molecule has 3 atom stereocenters. The number of hydrogen-bond donors (Lipinski definition) is 2. The molecule has 1 fully saturated rings. The molecule has 1 aliphatic heterocycles. The van der Waals surface area contributed by atoms with E-state index < -0.39 is 11.9 Å². The zero-order valence-corrected chi connectivity index (χ0v) is 9.43. The summed E-state index contributed by atoms with van der Waals surface area (Å²) in [5.41, 5.74) is 0. The first-order chi connectivity index (χ1) is 7.45. The van der Waals surface area contributed by atoms with E-state index in [0.29, 0.717) is 6.54 Å². The van der Waals surface area contributed by atoms with Crippen LogP contribution in [0.2, 0.25) is 0 Å². The van der Waals surface area contributed by atoms with Crippen molar-refractivity contribution in [2.45, 2.75) is 19.9 Å². The van der Waals surface area contributed by atoms with Crippen molar-refractivity contribution in [2.75, 3.05) is 13.1 Å². The number of rotatable bonds is 2. The number of likely N-dealkylation sites (tertiary alicyclic amines) is 1. The van der Waals surface area contributed by atoms with Crippen molar-refractivity contribution in [3.8, 4) is 12.3 Å². The van der Waals surface area contributed by atoms with Gasteiger partial charge in [0.05, 0.1) is 12.0 Å². The first-order valence-corrected chi connectivity index (χ1v) is 5.20. The lowest BCUT2D eigenvalue weighted by atomic mass is 9.99. The fourth-order valence-corrected chi connectivity index (χ4v) is 1.77. The molecule has 5 heteroatoms. The third-order valence-electron chi connectivity index (χ3n) is 2.81. The van der Waals surface area contributed by atoms with Gasteiger partial charge in [-0.2, -0.15) is 0 Å². The average molecular weight is 224 g/mol. The second kappa shape index (κ2) is 4.88. The van der Waals surface area contributed by atoms with Crippen LogP contribution in [0, 0.1) is 24.2 Å². The number of carboxylic acid groups (broad SMARTS) is 1. The van der Waals surface area contributed by atoms with Crippen LogP contribution >= 0.6 is 0 Å². The largest absolute Gasteiger partial charge is 0.481 e. The minimum atomic E-state index is -0.854. The molecule has 0 aromatic rings. The predicted molar refractivity (Wildman–Crippen MR) is 58.7 cm³/mol. The van der Waals surface area contributed by atoms with Gasteiger partial charge in [-0.15, -0.1) is 6.42 Å². The number of amides is 2. The maximum absolute atomic E-state index is 11.7. The van der Waals surface area contributed by atoms with E-state index in [1.54, 1.807) is 6.92 Å². The second-order valence-corrected chi connectivity index (χ2v) is 4.16. The molecule has 0 aromatic carbocycles. The Bertz CT molecular complexity index is 335. The highest BCUT2D eigenvalue weighted by Crippen LogP contribution is 2.22. The van der Waals surface area contributed by atoms with Crippen LogP contribution in [0.5, 0.6) is 0 Å². The van der Waals surface area contributed by atoms with Crippen LogP contribution < -0.4 is 5.32 Å². The third-order valence-corrected chi connectivity index (χ3v) is 2.81. The maximum Gasteiger partial charge on any atom is 0.318 e. The Morgan fingerprint density at radius 1 is 1.56 bits per heavy atom. The molecule has 5 nitrogen and oxygen atoms in total. The van der Waals surface area contributed by atoms with Gasteiger partial charge in [-0.1, -0.05) is 12.8 Å². The van der Waals surface area contributed by atoms with Gasteiger partial charge in [-0.3, -0.25) is 4.79 Å². The fraction of sp³-hybridized carbons (Fsp3) is 0.636. The van der Waals surface area contributed by atoms with E-state index >= 15 is 0 Å². The summed E-state index contributed by atoms with van der Waals surface area (Å²) < 4.78 is 0. The van der Waals surface area contributed by atoms with E-state index in [0.717, 1.165) is 0 Å². The van der Waals surface area contributed by atoms with Crippen molar-refractivity contribution < 1.29 is 14.7 Å². The van der Waals surface area contributed by atoms with Crippen LogP contribution in [0.3, 0.4) is 0 Å². The van der Waals surface area contributed by atoms with Gasteiger partial charge in [0.25, 0.3) is 0 Å². The molecule has 88 valence electrons. The van der Waals surface area contributed by atoms with Crippen LogP contribution in [0.1, 0.15) is 13.8 Å². The number of carbonyl (C=O) groups is 2. The van der Waals surface area contributed by atoms with Gasteiger partial charge < -0.3 is 15.3 Å². The highest BCUT2D eigenvalue weighted by Gasteiger charge is 2.37. The Kier molecular flexibility index (Phi) is 3.78. The summed E-state index contributed by atoms with van der Waals surface area (Å²) in [6.45, 7) is 4.24. The van der Waals surface area contributed by atoms with Crippen LogP contribution in [0.25, 0.3) is 0 Å². The summed E-state index contributed by atoms with van der Waals surface area (Å²) >= 11 is 0. The molecule has 1 saturated heterocycles. The van der Waals surface area contributed by atoms with Crippen molar-refractivity contribution in [3.63, 3.8) is 0 Å². The summed E-state index contributed by atoms with van der Waals surface area (Å²) in [6, 6.07) is -0.632. The van der Waals surface area contributed by atoms with E-state index in [4.69, 9.17) is 11.5 Å². The second-order valence-electron chi connectivity index (χ2n) is 4.16. The molecule has 3 unspecified atom stereocenters. The van der Waals surface area contributed by atoms with Crippen molar-refractivity contribution in [1.82, 2.24) is 10.2 Å². The predicted octanol–water partition coefficient (Wildman–Crippen LogP) is 0.370. The van der Waals surface area contributed by atoms with Crippen molar-refractivity contribution >= 4 is 12.0 Å². The van der Waals surface area contributed by atoms with Crippen LogP contribution in [-0.2, 0) is 4.79 Å². The van der Waals surface area contributed by atoms with E-state index in [1.165, 1.54) is 4.90 Å². The van der Waals surface area contributed by atoms with Crippen molar-refractivity contribution in [2.24, 2.45) is 11.8 Å². The summed E-state index contributed by atoms with van der Waals surface area (Å²) in [5, 5.41) is 11.5. The smallest absolute Gasteiger partial charge is 0.318 e. The maximum atomic E-state index is 11.7. The van der Waals surface area contributed by atoms with Crippen LogP contribution in [0.4, 0.5) is 4.79 Å². The number of aliphatic carboxylic acids is 1. The summed E-state index contributed by atoms with van der Waals surface area (Å²) in [4.78, 5) is 24.0. The zero-order chi connectivity index (χ0) is 12.3. The van der Waals surface area contributed by atoms with E-state index in [1.807, 2.05) is 6.92 Å². The van der Waals surface area contributed by atoms with E-state index in [2.05, 4.69) is 11.2 Å². The molecule has 16 heavy (non-hydrogen) atoms. The van der Waals surface area contributed by atoms with Gasteiger partial charge in [0, 0.05) is 13.1 Å². The molecule has 1 aliphatic rings. The number of carboxylic acids is 1. The Hall–Kier alpha value is -1.70. The highest BCUT2D eigenvalue weighted by atomic mass is 16.4. The monoisotopic (exact) mass is 224 g/mol. The standard InChI is InChI=1S/C11H16N2O3/c1-4-8(3)12-11(16)13-5-7(2)9(6-13)10(14)15/h1,7-9H,5-6H2,2-3H3,(H,12,16)(H,14,15). The van der Waals surface area contributed by atoms with Gasteiger partial charge in [0.2, 0.25) is 0 Å². The lowest BCUT2D eigenvalue weighted by molar-refractivity contribution is -0.142. The van der Waals surface area contributed by atoms with Crippen LogP contribution in [0.15, 0.2) is 0 Å². The van der Waals surface area contributed by atoms with Gasteiger partial charge >= 0.3 is 12.0 Å². The SMILES string of the molecule is C#CC(C)NC(=O)N1CC(C)C(C(=O)O)C1. The Balaban J connectivity index is 2.55. The Morgan fingerprint density at radius 3 is 2.62 bits per heavy atom. The summed E-state index contributed by atoms with van der Waals surface area (Å²) in [5.74, 6) is 1.03. The summed E-state index contributed by atoms with van der Waals surface area (Å²) in [7, 11) is 0. The molecule has 0 saturated carbocycles. The molecular formula is C11H16N2O3. The molecule has 2 N–H and O–H groups in total. The average Bonchev–Trinajstić information content (AvgIpc) is 2.60. The molecule has 0 bridgehead atoms. The molecular weight excluding hydrogens is 208 g/mol. The minimum absolute atomic E-state index is 0.0237. The van der Waals surface area contributed by atoms with Crippen molar-refractivity contribution in [3.05, 3.63) is 0 Å². The van der Waals surface area contributed by atoms with Gasteiger partial charge in [-0.05, 0) is 12.8 Å². The van der Waals surface area contributed by atoms with Crippen molar-refractivity contribution in [1.29, 1.82) is 0 Å². The van der Waals surface area contributed by atoms with E-state index in [9.17, 15) is 9.59 Å². The number of terminal acetylenes is 1. The quantitative estimate of drug-likeness (QED) is 0.666. The zero-order valence-electron chi connectivity index (χ0n) is 9.43. The first kappa shape index (κ1) is 12.4. The minimum Gasteiger partial charge on any atom is -0.481 e. The lowest BCUT2D eigenvalue weighted by Crippen LogP contribution is -2.42.